The van der Waals surface area contributed by atoms with Crippen molar-refractivity contribution in [1.29, 1.82) is 0 Å². The third-order valence-corrected chi connectivity index (χ3v) is 5.47. The second-order valence-electron chi connectivity index (χ2n) is 5.94. The lowest BCUT2D eigenvalue weighted by Crippen LogP contribution is -2.44. The van der Waals surface area contributed by atoms with Gasteiger partial charge in [-0.3, -0.25) is 4.98 Å². The fourth-order valence-electron chi connectivity index (χ4n) is 3.23. The van der Waals surface area contributed by atoms with E-state index in [2.05, 4.69) is 97.1 Å². The maximum Gasteiger partial charge on any atom is 0.174 e. The number of aromatic nitrogens is 2. The molecule has 6 heteroatoms. The molecule has 0 aliphatic carbocycles. The Hall–Kier alpha value is -1.93. The molecule has 0 saturated carbocycles. The predicted molar refractivity (Wildman–Crippen MR) is 113 cm³/mol. The summed E-state index contributed by atoms with van der Waals surface area (Å²) in [6.45, 7) is 1.79. The molecule has 0 spiro atoms. The topological polar surface area (TPSA) is 33.1 Å². The van der Waals surface area contributed by atoms with Gasteiger partial charge >= 0.3 is 0 Å². The summed E-state index contributed by atoms with van der Waals surface area (Å²) in [5.41, 5.74) is 3.46. The highest BCUT2D eigenvalue weighted by atomic mass is 127. The van der Waals surface area contributed by atoms with E-state index < -0.39 is 0 Å². The van der Waals surface area contributed by atoms with Crippen molar-refractivity contribution in [2.75, 3.05) is 11.9 Å². The van der Waals surface area contributed by atoms with Crippen molar-refractivity contribution in [3.8, 4) is 0 Å². The first kappa shape index (κ1) is 16.5. The SMILES string of the molecule is S=C(Nc1ccc(I)cc1)N1CCn2cccc2C1c1ccncc1. The van der Waals surface area contributed by atoms with Gasteiger partial charge in [0.05, 0.1) is 6.04 Å². The molecular weight excluding hydrogens is 443 g/mol. The van der Waals surface area contributed by atoms with Crippen LogP contribution in [0.2, 0.25) is 0 Å². The Morgan fingerprint density at radius 1 is 1.08 bits per heavy atom. The van der Waals surface area contributed by atoms with Gasteiger partial charge in [0.1, 0.15) is 0 Å². The first-order valence-corrected chi connectivity index (χ1v) is 9.59. The zero-order valence-electron chi connectivity index (χ0n) is 13.5. The highest BCUT2D eigenvalue weighted by Crippen LogP contribution is 2.32. The minimum atomic E-state index is 0.0931. The van der Waals surface area contributed by atoms with Crippen molar-refractivity contribution >= 4 is 45.6 Å². The van der Waals surface area contributed by atoms with Crippen LogP contribution in [0.1, 0.15) is 17.3 Å². The Bertz CT molecular complexity index is 876. The number of hydrogen-bond acceptors (Lipinski definition) is 2. The molecule has 0 amide bonds. The smallest absolute Gasteiger partial charge is 0.174 e. The van der Waals surface area contributed by atoms with Crippen LogP contribution in [0.25, 0.3) is 0 Å². The van der Waals surface area contributed by atoms with Crippen molar-refractivity contribution in [3.05, 3.63) is 81.9 Å². The van der Waals surface area contributed by atoms with Gasteiger partial charge in [0.2, 0.25) is 0 Å². The van der Waals surface area contributed by atoms with E-state index in [0.717, 1.165) is 23.9 Å². The molecule has 4 rings (SSSR count). The lowest BCUT2D eigenvalue weighted by Gasteiger charge is -2.39. The monoisotopic (exact) mass is 460 g/mol. The molecule has 0 saturated heterocycles. The molecule has 3 aromatic rings. The Balaban J connectivity index is 1.65. The number of halogens is 1. The van der Waals surface area contributed by atoms with Crippen LogP contribution >= 0.6 is 34.8 Å². The fraction of sp³-hybridized carbons (Fsp3) is 0.158. The summed E-state index contributed by atoms with van der Waals surface area (Å²) in [5.74, 6) is 0. The van der Waals surface area contributed by atoms with Crippen LogP contribution in [0.3, 0.4) is 0 Å². The molecule has 4 nitrogen and oxygen atoms in total. The fourth-order valence-corrected chi connectivity index (χ4v) is 3.90. The quantitative estimate of drug-likeness (QED) is 0.457. The molecule has 1 N–H and O–H groups in total. The van der Waals surface area contributed by atoms with Crippen LogP contribution in [-0.2, 0) is 6.54 Å². The third-order valence-electron chi connectivity index (χ3n) is 4.42. The second kappa shape index (κ2) is 7.13. The van der Waals surface area contributed by atoms with Crippen molar-refractivity contribution in [2.45, 2.75) is 12.6 Å². The van der Waals surface area contributed by atoms with Gasteiger partial charge in [-0.05, 0) is 88.9 Å². The lowest BCUT2D eigenvalue weighted by atomic mass is 10.0. The molecule has 1 aromatic carbocycles. The van der Waals surface area contributed by atoms with Crippen LogP contribution in [0.5, 0.6) is 0 Å². The maximum atomic E-state index is 5.76. The molecule has 1 atom stereocenters. The van der Waals surface area contributed by atoms with Gasteiger partial charge in [0.25, 0.3) is 0 Å². The van der Waals surface area contributed by atoms with E-state index >= 15 is 0 Å². The van der Waals surface area contributed by atoms with Crippen LogP contribution in [-0.4, -0.2) is 26.1 Å². The van der Waals surface area contributed by atoms with Crippen molar-refractivity contribution in [2.24, 2.45) is 0 Å². The number of pyridine rings is 1. The van der Waals surface area contributed by atoms with Crippen molar-refractivity contribution in [1.82, 2.24) is 14.5 Å². The Kier molecular flexibility index (Phi) is 4.72. The number of thiocarbonyl (C=S) groups is 1. The minimum Gasteiger partial charge on any atom is -0.348 e. The normalized spacial score (nSPS) is 16.4. The number of hydrogen-bond donors (Lipinski definition) is 1. The van der Waals surface area contributed by atoms with Crippen molar-refractivity contribution in [3.63, 3.8) is 0 Å². The third kappa shape index (κ3) is 3.41. The summed E-state index contributed by atoms with van der Waals surface area (Å²) in [7, 11) is 0. The predicted octanol–water partition coefficient (Wildman–Crippen LogP) is 4.29. The van der Waals surface area contributed by atoms with Gasteiger partial charge in [-0.25, -0.2) is 0 Å². The van der Waals surface area contributed by atoms with Gasteiger partial charge in [0, 0.05) is 46.6 Å². The average molecular weight is 460 g/mol. The van der Waals surface area contributed by atoms with Crippen molar-refractivity contribution < 1.29 is 0 Å². The number of fused-ring (bicyclic) bond motifs is 1. The van der Waals surface area contributed by atoms with Crippen LogP contribution < -0.4 is 5.32 Å². The van der Waals surface area contributed by atoms with E-state index in [1.807, 2.05) is 12.4 Å². The van der Waals surface area contributed by atoms with Gasteiger partial charge in [-0.15, -0.1) is 0 Å². The lowest BCUT2D eigenvalue weighted by molar-refractivity contribution is 0.293. The molecular formula is C19H17IN4S. The van der Waals surface area contributed by atoms with Gasteiger partial charge in [-0.2, -0.15) is 0 Å². The van der Waals surface area contributed by atoms with Gasteiger partial charge in [-0.1, -0.05) is 0 Å². The minimum absolute atomic E-state index is 0.0931. The Labute approximate surface area is 166 Å². The molecule has 1 unspecified atom stereocenters. The largest absolute Gasteiger partial charge is 0.348 e. The molecule has 0 fully saturated rings. The van der Waals surface area contributed by atoms with E-state index in [9.17, 15) is 0 Å². The van der Waals surface area contributed by atoms with Crippen LogP contribution in [0.15, 0.2) is 67.1 Å². The molecule has 0 bridgehead atoms. The molecule has 126 valence electrons. The van der Waals surface area contributed by atoms with Gasteiger partial charge < -0.3 is 14.8 Å². The summed E-state index contributed by atoms with van der Waals surface area (Å²) >= 11 is 8.06. The highest BCUT2D eigenvalue weighted by molar-refractivity contribution is 14.1. The highest BCUT2D eigenvalue weighted by Gasteiger charge is 2.30. The summed E-state index contributed by atoms with van der Waals surface area (Å²) in [5, 5.41) is 4.14. The molecule has 1 aliphatic heterocycles. The summed E-state index contributed by atoms with van der Waals surface area (Å²) in [6, 6.07) is 16.8. The van der Waals surface area contributed by atoms with E-state index in [4.69, 9.17) is 12.2 Å². The summed E-state index contributed by atoms with van der Waals surface area (Å²) < 4.78 is 3.51. The number of benzene rings is 1. The first-order chi connectivity index (χ1) is 12.2. The van der Waals surface area contributed by atoms with Crippen LogP contribution in [0.4, 0.5) is 5.69 Å². The standard InChI is InChI=1S/C19H17IN4S/c20-15-3-5-16(6-4-15)22-19(25)24-13-12-23-11-1-2-17(23)18(24)14-7-9-21-10-8-14/h1-11,18H,12-13H2,(H,22,25). The number of anilines is 1. The molecule has 0 radical (unpaired) electrons. The van der Waals surface area contributed by atoms with E-state index in [-0.39, 0.29) is 6.04 Å². The Morgan fingerprint density at radius 2 is 1.84 bits per heavy atom. The zero-order chi connectivity index (χ0) is 17.2. The maximum absolute atomic E-state index is 5.76. The average Bonchev–Trinajstić information content (AvgIpc) is 3.12. The first-order valence-electron chi connectivity index (χ1n) is 8.10. The molecule has 2 aromatic heterocycles. The van der Waals surface area contributed by atoms with E-state index in [1.165, 1.54) is 14.8 Å². The molecule has 1 aliphatic rings. The summed E-state index contributed by atoms with van der Waals surface area (Å²) in [6.07, 6.45) is 5.81. The number of nitrogens with one attached hydrogen (secondary N) is 1. The zero-order valence-corrected chi connectivity index (χ0v) is 16.4. The number of rotatable bonds is 2. The van der Waals surface area contributed by atoms with E-state index in [1.54, 1.807) is 0 Å². The molecule has 25 heavy (non-hydrogen) atoms. The van der Waals surface area contributed by atoms with E-state index in [0.29, 0.717) is 0 Å². The second-order valence-corrected chi connectivity index (χ2v) is 7.57. The van der Waals surface area contributed by atoms with Gasteiger partial charge in [0.15, 0.2) is 5.11 Å². The Morgan fingerprint density at radius 3 is 2.60 bits per heavy atom. The van der Waals surface area contributed by atoms with Crippen LogP contribution in [0, 0.1) is 3.57 Å². The molecule has 3 heterocycles. The summed E-state index contributed by atoms with van der Waals surface area (Å²) in [4.78, 5) is 6.42. The number of nitrogens with zero attached hydrogens (tertiary/aromatic N) is 3.